The third kappa shape index (κ3) is 2.76. The lowest BCUT2D eigenvalue weighted by molar-refractivity contribution is 0.0526. The van der Waals surface area contributed by atoms with Gasteiger partial charge in [0.2, 0.25) is 5.89 Å². The normalized spacial score (nSPS) is 10.8. The number of fused-ring (bicyclic) bond motifs is 1. The standard InChI is InChI=1S/C16H12ClNO3/c1-2-20-16(19)11-6-7-14-13(9-11)18-15(21-14)10-4-3-5-12(17)8-10/h3-9H,2H2,1H3. The molecule has 0 atom stereocenters. The van der Waals surface area contributed by atoms with Crippen LogP contribution in [0.3, 0.4) is 0 Å². The lowest BCUT2D eigenvalue weighted by atomic mass is 10.2. The molecular formula is C16H12ClNO3. The van der Waals surface area contributed by atoms with Crippen LogP contribution in [0, 0.1) is 0 Å². The molecule has 1 aromatic heterocycles. The van der Waals surface area contributed by atoms with E-state index in [0.29, 0.717) is 34.2 Å². The fourth-order valence-corrected chi connectivity index (χ4v) is 2.20. The van der Waals surface area contributed by atoms with Crippen LogP contribution in [0.1, 0.15) is 17.3 Å². The summed E-state index contributed by atoms with van der Waals surface area (Å²) in [4.78, 5) is 16.1. The van der Waals surface area contributed by atoms with Crippen molar-refractivity contribution < 1.29 is 13.9 Å². The zero-order valence-corrected chi connectivity index (χ0v) is 12.1. The number of benzene rings is 2. The molecule has 0 unspecified atom stereocenters. The molecule has 2 aromatic carbocycles. The van der Waals surface area contributed by atoms with E-state index in [9.17, 15) is 4.79 Å². The van der Waals surface area contributed by atoms with Crippen LogP contribution in [0.5, 0.6) is 0 Å². The Morgan fingerprint density at radius 3 is 2.90 bits per heavy atom. The average Bonchev–Trinajstić information content (AvgIpc) is 2.90. The molecule has 0 spiro atoms. The number of carbonyl (C=O) groups is 1. The van der Waals surface area contributed by atoms with Gasteiger partial charge in [0.05, 0.1) is 12.2 Å². The molecule has 0 aliphatic heterocycles. The molecule has 3 aromatic rings. The van der Waals surface area contributed by atoms with Crippen molar-refractivity contribution in [3.63, 3.8) is 0 Å². The molecule has 0 saturated carbocycles. The molecule has 0 amide bonds. The molecule has 3 rings (SSSR count). The van der Waals surface area contributed by atoms with Crippen LogP contribution in [0.25, 0.3) is 22.6 Å². The third-order valence-corrected chi connectivity index (χ3v) is 3.21. The van der Waals surface area contributed by atoms with E-state index >= 15 is 0 Å². The summed E-state index contributed by atoms with van der Waals surface area (Å²) in [6, 6.07) is 12.3. The van der Waals surface area contributed by atoms with Crippen LogP contribution in [0.4, 0.5) is 0 Å². The van der Waals surface area contributed by atoms with Crippen molar-refractivity contribution in [2.45, 2.75) is 6.92 Å². The zero-order chi connectivity index (χ0) is 14.8. The highest BCUT2D eigenvalue weighted by molar-refractivity contribution is 6.30. The number of carbonyl (C=O) groups excluding carboxylic acids is 1. The van der Waals surface area contributed by atoms with Crippen LogP contribution in [-0.2, 0) is 4.74 Å². The van der Waals surface area contributed by atoms with E-state index in [0.717, 1.165) is 5.56 Å². The summed E-state index contributed by atoms with van der Waals surface area (Å²) in [5.74, 6) is 0.0974. The molecule has 0 bridgehead atoms. The molecule has 1 heterocycles. The molecular weight excluding hydrogens is 290 g/mol. The lowest BCUT2D eigenvalue weighted by Gasteiger charge is -2.00. The van der Waals surface area contributed by atoms with E-state index in [1.807, 2.05) is 12.1 Å². The number of hydrogen-bond acceptors (Lipinski definition) is 4. The van der Waals surface area contributed by atoms with Crippen molar-refractivity contribution >= 4 is 28.7 Å². The van der Waals surface area contributed by atoms with Gasteiger partial charge in [0.15, 0.2) is 5.58 Å². The maximum absolute atomic E-state index is 11.7. The van der Waals surface area contributed by atoms with Crippen molar-refractivity contribution in [3.8, 4) is 11.5 Å². The predicted octanol–water partition coefficient (Wildman–Crippen LogP) is 4.32. The molecule has 5 heteroatoms. The Balaban J connectivity index is 2.02. The predicted molar refractivity (Wildman–Crippen MR) is 80.4 cm³/mol. The van der Waals surface area contributed by atoms with Crippen molar-refractivity contribution in [1.82, 2.24) is 4.98 Å². The van der Waals surface area contributed by atoms with Crippen LogP contribution in [-0.4, -0.2) is 17.6 Å². The number of aromatic nitrogens is 1. The molecule has 0 radical (unpaired) electrons. The summed E-state index contributed by atoms with van der Waals surface area (Å²) < 4.78 is 10.7. The Kier molecular flexibility index (Phi) is 3.62. The first-order valence-electron chi connectivity index (χ1n) is 6.51. The molecule has 0 saturated heterocycles. The monoisotopic (exact) mass is 301 g/mol. The van der Waals surface area contributed by atoms with Crippen LogP contribution < -0.4 is 0 Å². The van der Waals surface area contributed by atoms with Gasteiger partial charge in [-0.05, 0) is 43.3 Å². The third-order valence-electron chi connectivity index (χ3n) is 2.97. The van der Waals surface area contributed by atoms with E-state index in [1.165, 1.54) is 0 Å². The minimum atomic E-state index is -0.369. The summed E-state index contributed by atoms with van der Waals surface area (Å²) in [5.41, 5.74) is 2.46. The second kappa shape index (κ2) is 5.58. The van der Waals surface area contributed by atoms with E-state index < -0.39 is 0 Å². The van der Waals surface area contributed by atoms with Gasteiger partial charge in [-0.2, -0.15) is 0 Å². The van der Waals surface area contributed by atoms with E-state index in [2.05, 4.69) is 4.98 Å². The first-order valence-corrected chi connectivity index (χ1v) is 6.89. The molecule has 21 heavy (non-hydrogen) atoms. The highest BCUT2D eigenvalue weighted by Crippen LogP contribution is 2.26. The fraction of sp³-hybridized carbons (Fsp3) is 0.125. The average molecular weight is 302 g/mol. The first kappa shape index (κ1) is 13.6. The SMILES string of the molecule is CCOC(=O)c1ccc2oc(-c3cccc(Cl)c3)nc2c1. The molecule has 4 nitrogen and oxygen atoms in total. The maximum Gasteiger partial charge on any atom is 0.338 e. The Bertz CT molecular complexity index is 810. The quantitative estimate of drug-likeness (QED) is 0.676. The largest absolute Gasteiger partial charge is 0.462 e. The number of esters is 1. The second-order valence-corrected chi connectivity index (χ2v) is 4.87. The van der Waals surface area contributed by atoms with Crippen LogP contribution in [0.15, 0.2) is 46.9 Å². The number of halogens is 1. The Morgan fingerprint density at radius 2 is 2.14 bits per heavy atom. The number of hydrogen-bond donors (Lipinski definition) is 0. The van der Waals surface area contributed by atoms with Gasteiger partial charge in [-0.3, -0.25) is 0 Å². The molecule has 0 N–H and O–H groups in total. The lowest BCUT2D eigenvalue weighted by Crippen LogP contribution is -2.03. The summed E-state index contributed by atoms with van der Waals surface area (Å²) in [6.45, 7) is 2.10. The zero-order valence-electron chi connectivity index (χ0n) is 11.3. The Hall–Kier alpha value is -2.33. The van der Waals surface area contributed by atoms with Gasteiger partial charge in [0, 0.05) is 10.6 Å². The summed E-state index contributed by atoms with van der Waals surface area (Å²) in [7, 11) is 0. The van der Waals surface area contributed by atoms with Gasteiger partial charge >= 0.3 is 5.97 Å². The number of rotatable bonds is 3. The molecule has 0 fully saturated rings. The van der Waals surface area contributed by atoms with Crippen molar-refractivity contribution in [3.05, 3.63) is 53.1 Å². The van der Waals surface area contributed by atoms with Gasteiger partial charge in [-0.25, -0.2) is 9.78 Å². The van der Waals surface area contributed by atoms with E-state index in [4.69, 9.17) is 20.8 Å². The van der Waals surface area contributed by atoms with Crippen LogP contribution >= 0.6 is 11.6 Å². The van der Waals surface area contributed by atoms with Gasteiger partial charge in [-0.15, -0.1) is 0 Å². The van der Waals surface area contributed by atoms with Crippen LogP contribution in [0.2, 0.25) is 5.02 Å². The topological polar surface area (TPSA) is 52.3 Å². The van der Waals surface area contributed by atoms with Crippen molar-refractivity contribution in [2.24, 2.45) is 0 Å². The minimum Gasteiger partial charge on any atom is -0.462 e. The molecule has 106 valence electrons. The van der Waals surface area contributed by atoms with Gasteiger partial charge in [-0.1, -0.05) is 17.7 Å². The summed E-state index contributed by atoms with van der Waals surface area (Å²) in [6.07, 6.45) is 0. The smallest absolute Gasteiger partial charge is 0.338 e. The van der Waals surface area contributed by atoms with Gasteiger partial charge in [0.25, 0.3) is 0 Å². The van der Waals surface area contributed by atoms with Gasteiger partial charge in [0.1, 0.15) is 5.52 Å². The first-order chi connectivity index (χ1) is 10.2. The Morgan fingerprint density at radius 1 is 1.29 bits per heavy atom. The molecule has 0 aliphatic carbocycles. The highest BCUT2D eigenvalue weighted by Gasteiger charge is 2.12. The number of ether oxygens (including phenoxy) is 1. The highest BCUT2D eigenvalue weighted by atomic mass is 35.5. The fourth-order valence-electron chi connectivity index (χ4n) is 2.01. The van der Waals surface area contributed by atoms with E-state index in [-0.39, 0.29) is 5.97 Å². The van der Waals surface area contributed by atoms with Gasteiger partial charge < -0.3 is 9.15 Å². The Labute approximate surface area is 126 Å². The maximum atomic E-state index is 11.7. The second-order valence-electron chi connectivity index (χ2n) is 4.43. The van der Waals surface area contributed by atoms with Crippen molar-refractivity contribution in [1.29, 1.82) is 0 Å². The molecule has 0 aliphatic rings. The summed E-state index contributed by atoms with van der Waals surface area (Å²) >= 11 is 5.96. The van der Waals surface area contributed by atoms with E-state index in [1.54, 1.807) is 37.3 Å². The summed E-state index contributed by atoms with van der Waals surface area (Å²) in [5, 5.41) is 0.613. The number of nitrogens with zero attached hydrogens (tertiary/aromatic N) is 1. The minimum absolute atomic E-state index is 0.337. The van der Waals surface area contributed by atoms with Crippen molar-refractivity contribution in [2.75, 3.05) is 6.61 Å². The number of oxazole rings is 1.